The van der Waals surface area contributed by atoms with Crippen LogP contribution in [0.25, 0.3) is 0 Å². The number of carbonyl (C=O) groups excluding carboxylic acids is 1. The molecule has 1 amide bonds. The molecule has 3 atom stereocenters. The van der Waals surface area contributed by atoms with E-state index in [0.717, 1.165) is 12.8 Å². The van der Waals surface area contributed by atoms with Crippen molar-refractivity contribution in [3.05, 3.63) is 11.7 Å². The third-order valence-corrected chi connectivity index (χ3v) is 7.55. The zero-order valence-electron chi connectivity index (χ0n) is 15.4. The molecule has 9 nitrogen and oxygen atoms in total. The highest BCUT2D eigenvalue weighted by Crippen LogP contribution is 2.38. The largest absolute Gasteiger partial charge is 0.380 e. The lowest BCUT2D eigenvalue weighted by Crippen LogP contribution is -2.50. The van der Waals surface area contributed by atoms with Crippen molar-refractivity contribution in [2.24, 2.45) is 5.92 Å². The summed E-state index contributed by atoms with van der Waals surface area (Å²) in [4.78, 5) is 16.9. The lowest BCUT2D eigenvalue weighted by molar-refractivity contribution is -0.127. The summed E-state index contributed by atoms with van der Waals surface area (Å²) in [7, 11) is -1.75. The Kier molecular flexibility index (Phi) is 5.21. The summed E-state index contributed by atoms with van der Waals surface area (Å²) >= 11 is 0. The molecule has 3 saturated carbocycles. The van der Waals surface area contributed by atoms with Crippen LogP contribution in [-0.4, -0.2) is 49.0 Å². The van der Waals surface area contributed by atoms with Crippen LogP contribution in [0.2, 0.25) is 0 Å². The number of carbonyl (C=O) groups is 1. The lowest BCUT2D eigenvalue weighted by atomic mass is 9.83. The molecule has 1 aromatic rings. The first kappa shape index (κ1) is 18.8. The minimum Gasteiger partial charge on any atom is -0.380 e. The summed E-state index contributed by atoms with van der Waals surface area (Å²) in [5.41, 5.74) is 0. The minimum atomic E-state index is -3.33. The molecule has 3 fully saturated rings. The molecular formula is C17H26N4O5S. The average Bonchev–Trinajstić information content (AvgIpc) is 3.57. The van der Waals surface area contributed by atoms with E-state index in [1.54, 1.807) is 7.11 Å². The molecule has 1 heterocycles. The molecule has 0 radical (unpaired) electrons. The number of nitrogens with one attached hydrogen (secondary N) is 2. The maximum absolute atomic E-state index is 12.6. The summed E-state index contributed by atoms with van der Waals surface area (Å²) in [6, 6.07) is -0.378. The average molecular weight is 398 g/mol. The Morgan fingerprint density at radius 3 is 2.67 bits per heavy atom. The van der Waals surface area contributed by atoms with Gasteiger partial charge in [-0.25, -0.2) is 13.1 Å². The van der Waals surface area contributed by atoms with Crippen LogP contribution < -0.4 is 10.0 Å². The van der Waals surface area contributed by atoms with Gasteiger partial charge in [0.15, 0.2) is 5.82 Å². The number of hydrogen-bond donors (Lipinski definition) is 2. The van der Waals surface area contributed by atoms with E-state index in [1.165, 1.54) is 0 Å². The summed E-state index contributed by atoms with van der Waals surface area (Å²) in [6.07, 6.45) is 5.08. The number of ether oxygens (including phenoxy) is 1. The Morgan fingerprint density at radius 2 is 2.00 bits per heavy atom. The molecular weight excluding hydrogens is 372 g/mol. The number of aromatic nitrogens is 2. The fourth-order valence-corrected chi connectivity index (χ4v) is 5.24. The fraction of sp³-hybridized carbons (Fsp3) is 0.824. The monoisotopic (exact) mass is 398 g/mol. The van der Waals surface area contributed by atoms with Gasteiger partial charge in [0.25, 0.3) is 0 Å². The maximum Gasteiger partial charge on any atom is 0.229 e. The maximum atomic E-state index is 12.6. The molecule has 0 saturated heterocycles. The number of methoxy groups -OCH3 is 1. The first-order valence-electron chi connectivity index (χ1n) is 9.60. The van der Waals surface area contributed by atoms with Gasteiger partial charge in [-0.3, -0.25) is 4.79 Å². The van der Waals surface area contributed by atoms with Gasteiger partial charge in [0.2, 0.25) is 21.8 Å². The highest BCUT2D eigenvalue weighted by Gasteiger charge is 2.41. The molecule has 0 bridgehead atoms. The zero-order chi connectivity index (χ0) is 19.0. The van der Waals surface area contributed by atoms with E-state index in [-0.39, 0.29) is 35.8 Å². The van der Waals surface area contributed by atoms with Gasteiger partial charge in [0.05, 0.1) is 17.9 Å². The summed E-state index contributed by atoms with van der Waals surface area (Å²) < 4.78 is 38.0. The molecule has 10 heteroatoms. The van der Waals surface area contributed by atoms with E-state index in [9.17, 15) is 13.2 Å². The van der Waals surface area contributed by atoms with E-state index < -0.39 is 10.0 Å². The molecule has 0 aromatic carbocycles. The number of amides is 1. The van der Waals surface area contributed by atoms with Gasteiger partial charge >= 0.3 is 0 Å². The van der Waals surface area contributed by atoms with E-state index in [2.05, 4.69) is 20.2 Å². The van der Waals surface area contributed by atoms with Gasteiger partial charge in [-0.2, -0.15) is 4.98 Å². The van der Waals surface area contributed by atoms with E-state index in [4.69, 9.17) is 9.26 Å². The van der Waals surface area contributed by atoms with Gasteiger partial charge in [-0.05, 0) is 44.9 Å². The molecule has 3 aliphatic rings. The predicted molar refractivity (Wildman–Crippen MR) is 95.1 cm³/mol. The Balaban J connectivity index is 1.32. The van der Waals surface area contributed by atoms with Crippen LogP contribution >= 0.6 is 0 Å². The summed E-state index contributed by atoms with van der Waals surface area (Å²) in [5.74, 6) is 1.12. The van der Waals surface area contributed by atoms with Gasteiger partial charge < -0.3 is 14.6 Å². The standard InChI is InChI=1S/C17H26N4O5S/c1-25-14-7-4-11(8-13(14)21-27(23,24)12-5-6-12)16(22)18-9-15-19-17(26-20-15)10-2-3-10/h10-14,21H,2-9H2,1H3,(H,18,22)/t11-,13+,14+/m0/s1. The van der Waals surface area contributed by atoms with Crippen LogP contribution in [0.15, 0.2) is 4.52 Å². The van der Waals surface area contributed by atoms with Crippen molar-refractivity contribution < 1.29 is 22.5 Å². The highest BCUT2D eigenvalue weighted by molar-refractivity contribution is 7.90. The van der Waals surface area contributed by atoms with Crippen LogP contribution in [0, 0.1) is 5.92 Å². The topological polar surface area (TPSA) is 123 Å². The van der Waals surface area contributed by atoms with Crippen molar-refractivity contribution in [2.45, 2.75) is 74.8 Å². The second-order valence-corrected chi connectivity index (χ2v) is 9.79. The minimum absolute atomic E-state index is 0.113. The molecule has 2 N–H and O–H groups in total. The van der Waals surface area contributed by atoms with E-state index in [1.807, 2.05) is 0 Å². The van der Waals surface area contributed by atoms with Crippen molar-refractivity contribution in [1.82, 2.24) is 20.2 Å². The fourth-order valence-electron chi connectivity index (χ4n) is 3.62. The molecule has 0 unspecified atom stereocenters. The first-order chi connectivity index (χ1) is 13.0. The van der Waals surface area contributed by atoms with Gasteiger partial charge in [0.1, 0.15) is 0 Å². The van der Waals surface area contributed by atoms with Crippen molar-refractivity contribution >= 4 is 15.9 Å². The van der Waals surface area contributed by atoms with Crippen LogP contribution in [0.5, 0.6) is 0 Å². The molecule has 3 aliphatic carbocycles. The summed E-state index contributed by atoms with van der Waals surface area (Å²) in [5, 5.41) is 6.46. The third-order valence-electron chi connectivity index (χ3n) is 5.57. The summed E-state index contributed by atoms with van der Waals surface area (Å²) in [6.45, 7) is 0.220. The number of hydrogen-bond acceptors (Lipinski definition) is 7. The third kappa shape index (κ3) is 4.49. The normalized spacial score (nSPS) is 28.9. The van der Waals surface area contributed by atoms with E-state index in [0.29, 0.717) is 49.7 Å². The van der Waals surface area contributed by atoms with Gasteiger partial charge in [-0.15, -0.1) is 0 Å². The number of nitrogens with zero attached hydrogens (tertiary/aromatic N) is 2. The van der Waals surface area contributed by atoms with Crippen molar-refractivity contribution in [1.29, 1.82) is 0 Å². The second-order valence-electron chi connectivity index (χ2n) is 7.79. The number of sulfonamides is 1. The quantitative estimate of drug-likeness (QED) is 0.665. The molecule has 27 heavy (non-hydrogen) atoms. The van der Waals surface area contributed by atoms with Crippen LogP contribution in [-0.2, 0) is 26.1 Å². The molecule has 0 aliphatic heterocycles. The smallest absolute Gasteiger partial charge is 0.229 e. The molecule has 150 valence electrons. The Morgan fingerprint density at radius 1 is 1.22 bits per heavy atom. The molecule has 0 spiro atoms. The first-order valence-corrected chi connectivity index (χ1v) is 11.1. The molecule has 4 rings (SSSR count). The van der Waals surface area contributed by atoms with Crippen molar-refractivity contribution in [3.8, 4) is 0 Å². The van der Waals surface area contributed by atoms with Crippen molar-refractivity contribution in [3.63, 3.8) is 0 Å². The van der Waals surface area contributed by atoms with Crippen molar-refractivity contribution in [2.75, 3.05) is 7.11 Å². The lowest BCUT2D eigenvalue weighted by Gasteiger charge is -2.34. The number of rotatable bonds is 8. The highest BCUT2D eigenvalue weighted by atomic mass is 32.2. The molecule has 1 aromatic heterocycles. The zero-order valence-corrected chi connectivity index (χ0v) is 16.2. The van der Waals surface area contributed by atoms with Gasteiger partial charge in [0, 0.05) is 25.0 Å². The Labute approximate surface area is 158 Å². The predicted octanol–water partition coefficient (Wildman–Crippen LogP) is 0.829. The SMILES string of the molecule is CO[C@@H]1CC[C@H](C(=O)NCc2noc(C3CC3)n2)C[C@H]1NS(=O)(=O)C1CC1. The van der Waals surface area contributed by atoms with Crippen LogP contribution in [0.1, 0.15) is 62.6 Å². The Hall–Kier alpha value is -1.52. The van der Waals surface area contributed by atoms with Crippen LogP contribution in [0.3, 0.4) is 0 Å². The van der Waals surface area contributed by atoms with Gasteiger partial charge in [-0.1, -0.05) is 5.16 Å². The van der Waals surface area contributed by atoms with E-state index >= 15 is 0 Å². The second kappa shape index (κ2) is 7.48. The Bertz CT molecular complexity index is 787. The van der Waals surface area contributed by atoms with Crippen LogP contribution in [0.4, 0.5) is 0 Å².